The number of rotatable bonds is 5. The van der Waals surface area contributed by atoms with Crippen molar-refractivity contribution in [3.05, 3.63) is 101 Å². The van der Waals surface area contributed by atoms with Crippen LogP contribution >= 0.6 is 23.5 Å². The van der Waals surface area contributed by atoms with Gasteiger partial charge in [-0.3, -0.25) is 9.78 Å². The minimum Gasteiger partial charge on any atom is -0.385 e. The molecule has 1 aliphatic rings. The van der Waals surface area contributed by atoms with Crippen molar-refractivity contribution in [1.82, 2.24) is 9.88 Å². The number of carbonyl (C=O) groups excluding carboxylic acids is 1. The van der Waals surface area contributed by atoms with E-state index in [9.17, 15) is 14.3 Å². The largest absolute Gasteiger partial charge is 0.385 e. The van der Waals surface area contributed by atoms with Gasteiger partial charge >= 0.3 is 0 Å². The number of hydrogen-bond donors (Lipinski definition) is 2. The molecule has 1 amide bonds. The van der Waals surface area contributed by atoms with Crippen molar-refractivity contribution in [1.29, 1.82) is 0 Å². The molecular formula is C27H23ClFN3O2S. The van der Waals surface area contributed by atoms with Gasteiger partial charge in [0.2, 0.25) is 0 Å². The van der Waals surface area contributed by atoms with Gasteiger partial charge in [-0.2, -0.15) is 0 Å². The summed E-state index contributed by atoms with van der Waals surface area (Å²) in [5, 5.41) is 12.5. The lowest BCUT2D eigenvalue weighted by molar-refractivity contribution is -0.0212. The summed E-state index contributed by atoms with van der Waals surface area (Å²) in [6.07, 6.45) is 2.36. The molecule has 5 nitrogen and oxygen atoms in total. The SMILES string of the molecule is O=C(c1ccc(NSc2cccc3cccnc23)cc1)N1CCC(O)(c2cc(F)ccc2Cl)CC1. The van der Waals surface area contributed by atoms with Gasteiger partial charge in [0.15, 0.2) is 0 Å². The third kappa shape index (κ3) is 4.98. The van der Waals surface area contributed by atoms with E-state index in [1.165, 1.54) is 30.1 Å². The van der Waals surface area contributed by atoms with Crippen molar-refractivity contribution in [2.75, 3.05) is 17.8 Å². The van der Waals surface area contributed by atoms with Crippen LogP contribution in [0, 0.1) is 5.82 Å². The van der Waals surface area contributed by atoms with Gasteiger partial charge in [0.1, 0.15) is 5.82 Å². The predicted octanol–water partition coefficient (Wildman–Crippen LogP) is 6.27. The summed E-state index contributed by atoms with van der Waals surface area (Å²) in [4.78, 5) is 20.2. The molecule has 1 aromatic heterocycles. The second-order valence-electron chi connectivity index (χ2n) is 8.56. The molecule has 1 aliphatic heterocycles. The highest BCUT2D eigenvalue weighted by Gasteiger charge is 2.37. The molecule has 0 radical (unpaired) electrons. The fourth-order valence-electron chi connectivity index (χ4n) is 4.34. The first-order chi connectivity index (χ1) is 16.9. The molecule has 0 bridgehead atoms. The first-order valence-electron chi connectivity index (χ1n) is 11.3. The molecule has 1 saturated heterocycles. The lowest BCUT2D eigenvalue weighted by Crippen LogP contribution is -2.45. The maximum absolute atomic E-state index is 13.7. The van der Waals surface area contributed by atoms with Gasteiger partial charge in [0.25, 0.3) is 5.91 Å². The fourth-order valence-corrected chi connectivity index (χ4v) is 5.41. The number of nitrogens with one attached hydrogen (secondary N) is 1. The van der Waals surface area contributed by atoms with Crippen molar-refractivity contribution in [3.63, 3.8) is 0 Å². The van der Waals surface area contributed by atoms with E-state index < -0.39 is 11.4 Å². The Balaban J connectivity index is 1.21. The number of aliphatic hydroxyl groups is 1. The summed E-state index contributed by atoms with van der Waals surface area (Å²) in [6, 6.07) is 21.3. The van der Waals surface area contributed by atoms with E-state index in [4.69, 9.17) is 11.6 Å². The average Bonchev–Trinajstić information content (AvgIpc) is 2.89. The Morgan fingerprint density at radius 1 is 1.06 bits per heavy atom. The van der Waals surface area contributed by atoms with Gasteiger partial charge < -0.3 is 14.7 Å². The number of likely N-dealkylation sites (tertiary alicyclic amines) is 1. The molecule has 0 atom stereocenters. The van der Waals surface area contributed by atoms with Crippen LogP contribution in [0.5, 0.6) is 0 Å². The molecule has 2 N–H and O–H groups in total. The Morgan fingerprint density at radius 3 is 2.57 bits per heavy atom. The van der Waals surface area contributed by atoms with Crippen LogP contribution in [0.3, 0.4) is 0 Å². The van der Waals surface area contributed by atoms with Crippen molar-refractivity contribution < 1.29 is 14.3 Å². The molecule has 1 fully saturated rings. The molecule has 4 aromatic rings. The van der Waals surface area contributed by atoms with Gasteiger partial charge in [-0.1, -0.05) is 29.8 Å². The van der Waals surface area contributed by atoms with Crippen LogP contribution in [0.15, 0.2) is 83.9 Å². The topological polar surface area (TPSA) is 65.5 Å². The van der Waals surface area contributed by atoms with Gasteiger partial charge in [0.05, 0.1) is 16.0 Å². The van der Waals surface area contributed by atoms with Crippen molar-refractivity contribution in [2.24, 2.45) is 0 Å². The first kappa shape index (κ1) is 23.6. The lowest BCUT2D eigenvalue weighted by Gasteiger charge is -2.39. The average molecular weight is 508 g/mol. The molecule has 0 saturated carbocycles. The summed E-state index contributed by atoms with van der Waals surface area (Å²) < 4.78 is 17.0. The van der Waals surface area contributed by atoms with E-state index >= 15 is 0 Å². The number of para-hydroxylation sites is 1. The monoisotopic (exact) mass is 507 g/mol. The van der Waals surface area contributed by atoms with Crippen LogP contribution in [0.4, 0.5) is 10.1 Å². The summed E-state index contributed by atoms with van der Waals surface area (Å²) in [5.74, 6) is -0.547. The molecule has 0 aliphatic carbocycles. The Kier molecular flexibility index (Phi) is 6.65. The molecule has 5 rings (SSSR count). The zero-order chi connectivity index (χ0) is 24.4. The van der Waals surface area contributed by atoms with E-state index in [0.717, 1.165) is 21.5 Å². The number of fused-ring (bicyclic) bond motifs is 1. The van der Waals surface area contributed by atoms with Gasteiger partial charge in [-0.05, 0) is 79.4 Å². The number of pyridine rings is 1. The smallest absolute Gasteiger partial charge is 0.253 e. The number of nitrogens with zero attached hydrogens (tertiary/aromatic N) is 2. The highest BCUT2D eigenvalue weighted by molar-refractivity contribution is 8.00. The normalized spacial score (nSPS) is 15.2. The first-order valence-corrected chi connectivity index (χ1v) is 12.5. The van der Waals surface area contributed by atoms with Crippen LogP contribution in [0.2, 0.25) is 5.02 Å². The van der Waals surface area contributed by atoms with E-state index in [2.05, 4.69) is 9.71 Å². The standard InChI is InChI=1S/C27H23ClFN3O2S/c28-23-11-8-20(29)17-22(23)27(34)12-15-32(16-13-27)26(33)19-6-9-21(10-7-19)31-35-24-5-1-3-18-4-2-14-30-25(18)24/h1-11,14,17,31,34H,12-13,15-16H2. The number of piperidine rings is 1. The van der Waals surface area contributed by atoms with E-state index in [-0.39, 0.29) is 18.7 Å². The second-order valence-corrected chi connectivity index (χ2v) is 9.82. The summed E-state index contributed by atoms with van der Waals surface area (Å²) in [5.41, 5.74) is 1.50. The summed E-state index contributed by atoms with van der Waals surface area (Å²) in [7, 11) is 0. The fraction of sp³-hybridized carbons (Fsp3) is 0.185. The Bertz CT molecular complexity index is 1370. The zero-order valence-corrected chi connectivity index (χ0v) is 20.3. The second kappa shape index (κ2) is 9.85. The van der Waals surface area contributed by atoms with Crippen molar-refractivity contribution in [3.8, 4) is 0 Å². The quantitative estimate of drug-likeness (QED) is 0.312. The molecule has 178 valence electrons. The number of aromatic nitrogens is 1. The van der Waals surface area contributed by atoms with Gasteiger partial charge in [0, 0.05) is 46.5 Å². The van der Waals surface area contributed by atoms with E-state index in [1.54, 1.807) is 23.2 Å². The molecule has 0 spiro atoms. The van der Waals surface area contributed by atoms with Crippen molar-refractivity contribution in [2.45, 2.75) is 23.3 Å². The summed E-state index contributed by atoms with van der Waals surface area (Å²) >= 11 is 7.68. The predicted molar refractivity (Wildman–Crippen MR) is 138 cm³/mol. The van der Waals surface area contributed by atoms with Gasteiger partial charge in [-0.25, -0.2) is 4.39 Å². The molecule has 8 heteroatoms. The Labute approximate surface area is 212 Å². The highest BCUT2D eigenvalue weighted by Crippen LogP contribution is 2.37. The Hall–Kier alpha value is -3.13. The number of hydrogen-bond acceptors (Lipinski definition) is 5. The summed E-state index contributed by atoms with van der Waals surface area (Å²) in [6.45, 7) is 0.707. The molecule has 0 unspecified atom stereocenters. The van der Waals surface area contributed by atoms with Crippen LogP contribution in [-0.4, -0.2) is 34.0 Å². The van der Waals surface area contributed by atoms with Crippen LogP contribution in [-0.2, 0) is 5.60 Å². The minimum atomic E-state index is -1.25. The molecule has 35 heavy (non-hydrogen) atoms. The third-order valence-corrected chi connectivity index (χ3v) is 7.53. The number of halogens is 2. The van der Waals surface area contributed by atoms with Crippen LogP contribution in [0.1, 0.15) is 28.8 Å². The maximum Gasteiger partial charge on any atom is 0.253 e. The number of carbonyl (C=O) groups is 1. The molecular weight excluding hydrogens is 485 g/mol. The maximum atomic E-state index is 13.7. The van der Waals surface area contributed by atoms with E-state index in [1.807, 2.05) is 42.5 Å². The number of benzene rings is 3. The van der Waals surface area contributed by atoms with Crippen LogP contribution < -0.4 is 4.72 Å². The number of amides is 1. The Morgan fingerprint density at radius 2 is 1.80 bits per heavy atom. The minimum absolute atomic E-state index is 0.102. The zero-order valence-electron chi connectivity index (χ0n) is 18.7. The molecule has 2 heterocycles. The molecule has 3 aromatic carbocycles. The third-order valence-electron chi connectivity index (χ3n) is 6.31. The lowest BCUT2D eigenvalue weighted by atomic mass is 9.84. The highest BCUT2D eigenvalue weighted by atomic mass is 35.5. The van der Waals surface area contributed by atoms with E-state index in [0.29, 0.717) is 29.2 Å². The number of anilines is 1. The van der Waals surface area contributed by atoms with Crippen molar-refractivity contribution >= 4 is 46.0 Å². The van der Waals surface area contributed by atoms with Gasteiger partial charge in [-0.15, -0.1) is 0 Å². The van der Waals surface area contributed by atoms with Crippen LogP contribution in [0.25, 0.3) is 10.9 Å².